The number of nitrogens with zero attached hydrogens (tertiary/aromatic N) is 2. The molecule has 2 fully saturated rings. The summed E-state index contributed by atoms with van der Waals surface area (Å²) in [7, 11) is 0. The average molecular weight is 417 g/mol. The van der Waals surface area contributed by atoms with Crippen molar-refractivity contribution in [3.8, 4) is 5.75 Å². The van der Waals surface area contributed by atoms with Crippen LogP contribution in [0.2, 0.25) is 0 Å². The lowest BCUT2D eigenvalue weighted by molar-refractivity contribution is -0.140. The minimum Gasteiger partial charge on any atom is -0.481 e. The van der Waals surface area contributed by atoms with E-state index in [2.05, 4.69) is 5.32 Å². The summed E-state index contributed by atoms with van der Waals surface area (Å²) < 4.78 is 5.68. The summed E-state index contributed by atoms with van der Waals surface area (Å²) in [5, 5.41) is 12.6. The number of hydrogen-bond donors (Lipinski definition) is 2. The van der Waals surface area contributed by atoms with Gasteiger partial charge in [-0.3, -0.25) is 24.5 Å². The Morgan fingerprint density at radius 3 is 2.37 bits per heavy atom. The van der Waals surface area contributed by atoms with Crippen LogP contribution < -0.4 is 10.1 Å². The maximum Gasteiger partial charge on any atom is 0.263 e. The fourth-order valence-corrected chi connectivity index (χ4v) is 3.80. The van der Waals surface area contributed by atoms with E-state index >= 15 is 0 Å². The number of nitrogens with one attached hydrogen (secondary N) is 1. The monoisotopic (exact) mass is 417 g/mol. The molecule has 2 saturated heterocycles. The van der Waals surface area contributed by atoms with Gasteiger partial charge in [-0.05, 0) is 25.0 Å². The van der Waals surface area contributed by atoms with Crippen LogP contribution in [-0.2, 0) is 19.2 Å². The van der Waals surface area contributed by atoms with Crippen LogP contribution in [0.4, 0.5) is 0 Å². The normalized spacial score (nSPS) is 21.6. The van der Waals surface area contributed by atoms with Gasteiger partial charge < -0.3 is 19.6 Å². The lowest BCUT2D eigenvalue weighted by atomic mass is 9.93. The standard InChI is InChI=1S/C21H27N3O6/c1-14(30-17-5-3-2-4-6-17)21(29)24-8-7-23(12-16(25)13-24)20(28)11-15-9-18(26)22-19(27)10-15/h2-6,14-16,25H,7-13H2,1H3,(H,22,26,27). The number of ether oxygens (including phenoxy) is 1. The molecule has 1 aromatic rings. The molecule has 4 amide bonds. The maximum atomic E-state index is 12.8. The van der Waals surface area contributed by atoms with E-state index < -0.39 is 12.2 Å². The Kier molecular flexibility index (Phi) is 7.04. The molecule has 2 atom stereocenters. The molecule has 1 aromatic carbocycles. The number of aliphatic hydroxyl groups is 1. The molecule has 0 spiro atoms. The van der Waals surface area contributed by atoms with Gasteiger partial charge in [-0.25, -0.2) is 0 Å². The van der Waals surface area contributed by atoms with E-state index in [1.165, 1.54) is 9.80 Å². The van der Waals surface area contributed by atoms with Gasteiger partial charge in [0.25, 0.3) is 5.91 Å². The number of benzene rings is 1. The topological polar surface area (TPSA) is 116 Å². The molecule has 2 heterocycles. The Morgan fingerprint density at radius 2 is 1.70 bits per heavy atom. The van der Waals surface area contributed by atoms with Crippen LogP contribution in [0.5, 0.6) is 5.75 Å². The van der Waals surface area contributed by atoms with Gasteiger partial charge in [0.05, 0.1) is 6.10 Å². The summed E-state index contributed by atoms with van der Waals surface area (Å²) in [4.78, 5) is 51.5. The van der Waals surface area contributed by atoms with Crippen LogP contribution in [0.25, 0.3) is 0 Å². The van der Waals surface area contributed by atoms with E-state index in [1.807, 2.05) is 18.2 Å². The van der Waals surface area contributed by atoms with Crippen molar-refractivity contribution >= 4 is 23.6 Å². The molecule has 0 radical (unpaired) electrons. The highest BCUT2D eigenvalue weighted by atomic mass is 16.5. The van der Waals surface area contributed by atoms with Crippen molar-refractivity contribution in [3.63, 3.8) is 0 Å². The van der Waals surface area contributed by atoms with Crippen molar-refractivity contribution in [2.24, 2.45) is 5.92 Å². The Morgan fingerprint density at radius 1 is 1.10 bits per heavy atom. The molecule has 9 nitrogen and oxygen atoms in total. The Labute approximate surface area is 175 Å². The fraction of sp³-hybridized carbons (Fsp3) is 0.524. The van der Waals surface area contributed by atoms with Crippen molar-refractivity contribution < 1.29 is 29.0 Å². The van der Waals surface area contributed by atoms with Crippen LogP contribution in [0, 0.1) is 5.92 Å². The van der Waals surface area contributed by atoms with Crippen molar-refractivity contribution in [3.05, 3.63) is 30.3 Å². The Bertz CT molecular complexity index is 783. The van der Waals surface area contributed by atoms with E-state index in [-0.39, 0.29) is 75.0 Å². The highest BCUT2D eigenvalue weighted by Crippen LogP contribution is 2.20. The second kappa shape index (κ2) is 9.71. The quantitative estimate of drug-likeness (QED) is 0.648. The number of β-amino-alcohol motifs (C(OH)–C–C–N with tert-alkyl or cyclic N) is 1. The van der Waals surface area contributed by atoms with Gasteiger partial charge in [0, 0.05) is 45.4 Å². The first-order chi connectivity index (χ1) is 14.3. The van der Waals surface area contributed by atoms with Crippen LogP contribution in [0.1, 0.15) is 26.2 Å². The number of hydrogen-bond acceptors (Lipinski definition) is 6. The summed E-state index contributed by atoms with van der Waals surface area (Å²) in [6.07, 6.45) is -1.29. The van der Waals surface area contributed by atoms with Crippen LogP contribution in [0.15, 0.2) is 30.3 Å². The predicted molar refractivity (Wildman–Crippen MR) is 106 cm³/mol. The smallest absolute Gasteiger partial charge is 0.263 e. The molecular weight excluding hydrogens is 390 g/mol. The van der Waals surface area contributed by atoms with Gasteiger partial charge in [0.2, 0.25) is 17.7 Å². The minimum absolute atomic E-state index is 0.0628. The number of amides is 4. The predicted octanol–water partition coefficient (Wildman–Crippen LogP) is -0.0715. The first kappa shape index (κ1) is 21.8. The van der Waals surface area contributed by atoms with E-state index in [0.717, 1.165) is 0 Å². The van der Waals surface area contributed by atoms with Gasteiger partial charge in [-0.1, -0.05) is 18.2 Å². The highest BCUT2D eigenvalue weighted by Gasteiger charge is 2.32. The van der Waals surface area contributed by atoms with Crippen LogP contribution in [0.3, 0.4) is 0 Å². The lowest BCUT2D eigenvalue weighted by Gasteiger charge is -2.26. The number of imide groups is 1. The first-order valence-corrected chi connectivity index (χ1v) is 10.1. The minimum atomic E-state index is -0.888. The van der Waals surface area contributed by atoms with Gasteiger partial charge in [-0.2, -0.15) is 0 Å². The summed E-state index contributed by atoms with van der Waals surface area (Å²) in [6, 6.07) is 9.01. The van der Waals surface area contributed by atoms with Crippen molar-refractivity contribution in [1.82, 2.24) is 15.1 Å². The molecule has 162 valence electrons. The summed E-state index contributed by atoms with van der Waals surface area (Å²) in [5.41, 5.74) is 0. The van der Waals surface area contributed by atoms with Crippen molar-refractivity contribution in [2.45, 2.75) is 38.4 Å². The largest absolute Gasteiger partial charge is 0.481 e. The molecule has 0 aromatic heterocycles. The molecule has 0 bridgehead atoms. The Hall–Kier alpha value is -2.94. The molecular formula is C21H27N3O6. The number of piperidine rings is 1. The van der Waals surface area contributed by atoms with Gasteiger partial charge in [0.15, 0.2) is 6.10 Å². The van der Waals surface area contributed by atoms with Crippen LogP contribution in [-0.4, -0.2) is 76.9 Å². The third-order valence-electron chi connectivity index (χ3n) is 5.26. The lowest BCUT2D eigenvalue weighted by Crippen LogP contribution is -2.44. The number of carbonyl (C=O) groups excluding carboxylic acids is 4. The maximum absolute atomic E-state index is 12.8. The summed E-state index contributed by atoms with van der Waals surface area (Å²) in [5.74, 6) is -0.993. The second-order valence-corrected chi connectivity index (χ2v) is 7.80. The molecule has 2 aliphatic heterocycles. The zero-order valence-corrected chi connectivity index (χ0v) is 17.0. The average Bonchev–Trinajstić information content (AvgIpc) is 2.89. The molecule has 0 aliphatic carbocycles. The summed E-state index contributed by atoms with van der Waals surface area (Å²) >= 11 is 0. The van der Waals surface area contributed by atoms with E-state index in [4.69, 9.17) is 4.74 Å². The van der Waals surface area contributed by atoms with Crippen molar-refractivity contribution in [2.75, 3.05) is 26.2 Å². The van der Waals surface area contributed by atoms with Gasteiger partial charge in [-0.15, -0.1) is 0 Å². The number of para-hydroxylation sites is 1. The van der Waals surface area contributed by atoms with E-state index in [1.54, 1.807) is 19.1 Å². The fourth-order valence-electron chi connectivity index (χ4n) is 3.80. The number of rotatable bonds is 5. The molecule has 30 heavy (non-hydrogen) atoms. The van der Waals surface area contributed by atoms with Crippen LogP contribution >= 0.6 is 0 Å². The SMILES string of the molecule is CC(Oc1ccccc1)C(=O)N1CCN(C(=O)CC2CC(=O)NC(=O)C2)CC(O)C1. The summed E-state index contributed by atoms with van der Waals surface area (Å²) in [6.45, 7) is 2.40. The zero-order chi connectivity index (χ0) is 21.7. The zero-order valence-electron chi connectivity index (χ0n) is 17.0. The third kappa shape index (κ3) is 5.79. The van der Waals surface area contributed by atoms with E-state index in [9.17, 15) is 24.3 Å². The van der Waals surface area contributed by atoms with E-state index in [0.29, 0.717) is 5.75 Å². The molecule has 0 saturated carbocycles. The molecule has 2 N–H and O–H groups in total. The highest BCUT2D eigenvalue weighted by molar-refractivity contribution is 5.98. The Balaban J connectivity index is 1.55. The molecule has 2 unspecified atom stereocenters. The molecule has 2 aliphatic rings. The molecule has 3 rings (SSSR count). The molecule has 9 heteroatoms. The van der Waals surface area contributed by atoms with Crippen molar-refractivity contribution in [1.29, 1.82) is 0 Å². The third-order valence-corrected chi connectivity index (χ3v) is 5.26. The first-order valence-electron chi connectivity index (χ1n) is 10.1. The van der Waals surface area contributed by atoms with Gasteiger partial charge in [0.1, 0.15) is 5.75 Å². The number of carbonyl (C=O) groups is 4. The number of aliphatic hydroxyl groups excluding tert-OH is 1. The second-order valence-electron chi connectivity index (χ2n) is 7.80. The van der Waals surface area contributed by atoms with Gasteiger partial charge >= 0.3 is 0 Å².